The van der Waals surface area contributed by atoms with E-state index in [9.17, 15) is 14.4 Å². The lowest BCUT2D eigenvalue weighted by molar-refractivity contribution is -0.167. The first-order valence-electron chi connectivity index (χ1n) is 25.0. The lowest BCUT2D eigenvalue weighted by Crippen LogP contribution is -2.30. The van der Waals surface area contributed by atoms with Gasteiger partial charge in [-0.2, -0.15) is 0 Å². The lowest BCUT2D eigenvalue weighted by atomic mass is 10.0. The van der Waals surface area contributed by atoms with Crippen molar-refractivity contribution in [1.29, 1.82) is 0 Å². The molecule has 332 valence electrons. The van der Waals surface area contributed by atoms with Gasteiger partial charge in [-0.1, -0.05) is 245 Å². The molecule has 56 heavy (non-hydrogen) atoms. The van der Waals surface area contributed by atoms with Crippen LogP contribution in [0.1, 0.15) is 284 Å². The Kier molecular flexibility index (Phi) is 44.8. The largest absolute Gasteiger partial charge is 0.462 e. The van der Waals surface area contributed by atoms with E-state index in [0.29, 0.717) is 19.3 Å². The molecule has 0 unspecified atom stereocenters. The Labute approximate surface area is 348 Å². The molecule has 0 aliphatic carbocycles. The molecule has 6 nitrogen and oxygen atoms in total. The Balaban J connectivity index is 4.28. The minimum absolute atomic E-state index is 0.0622. The highest BCUT2D eigenvalue weighted by Crippen LogP contribution is 2.16. The van der Waals surface area contributed by atoms with E-state index in [1.807, 2.05) is 0 Å². The van der Waals surface area contributed by atoms with E-state index < -0.39 is 6.10 Å². The van der Waals surface area contributed by atoms with Crippen LogP contribution in [0.15, 0.2) is 0 Å². The first kappa shape index (κ1) is 54.4. The third kappa shape index (κ3) is 43.5. The molecule has 1 atom stereocenters. The fourth-order valence-corrected chi connectivity index (χ4v) is 7.56. The van der Waals surface area contributed by atoms with Crippen molar-refractivity contribution in [1.82, 2.24) is 0 Å². The second kappa shape index (κ2) is 46.1. The van der Waals surface area contributed by atoms with Crippen LogP contribution in [-0.4, -0.2) is 37.2 Å². The Morgan fingerprint density at radius 2 is 0.482 bits per heavy atom. The molecule has 0 N–H and O–H groups in total. The average molecular weight is 793 g/mol. The zero-order valence-corrected chi connectivity index (χ0v) is 37.9. The summed E-state index contributed by atoms with van der Waals surface area (Å²) in [4.78, 5) is 37.8. The lowest BCUT2D eigenvalue weighted by Gasteiger charge is -2.18. The number of carbonyl (C=O) groups excluding carboxylic acids is 3. The molecule has 0 spiro atoms. The average Bonchev–Trinajstić information content (AvgIpc) is 3.19. The summed E-state index contributed by atoms with van der Waals surface area (Å²) >= 11 is 0. The molecular formula is C50H96O6. The van der Waals surface area contributed by atoms with Crippen LogP contribution in [0.25, 0.3) is 0 Å². The molecule has 0 saturated heterocycles. The summed E-state index contributed by atoms with van der Waals surface area (Å²) in [7, 11) is 0. The molecule has 0 saturated carbocycles. The molecule has 0 heterocycles. The fraction of sp³-hybridized carbons (Fsp3) is 0.940. The monoisotopic (exact) mass is 793 g/mol. The Hall–Kier alpha value is -1.59. The van der Waals surface area contributed by atoms with Gasteiger partial charge < -0.3 is 14.2 Å². The SMILES string of the molecule is CCCCCCCCCCCCCCCCCCC(=O)O[C@@H](COC(=O)CCCCCCCCCCCC)COC(=O)CCCCCCCCCCCCCC. The zero-order valence-electron chi connectivity index (χ0n) is 37.9. The van der Waals surface area contributed by atoms with Gasteiger partial charge in [-0.3, -0.25) is 14.4 Å². The van der Waals surface area contributed by atoms with Gasteiger partial charge >= 0.3 is 17.9 Å². The zero-order chi connectivity index (χ0) is 40.8. The van der Waals surface area contributed by atoms with E-state index in [0.717, 1.165) is 57.8 Å². The second-order valence-corrected chi connectivity index (χ2v) is 17.1. The number of hydrogen-bond donors (Lipinski definition) is 0. The summed E-state index contributed by atoms with van der Waals surface area (Å²) in [6.07, 6.45) is 48.0. The van der Waals surface area contributed by atoms with E-state index in [2.05, 4.69) is 20.8 Å². The predicted octanol–water partition coefficient (Wildman–Crippen LogP) is 16.0. The highest BCUT2D eigenvalue weighted by atomic mass is 16.6. The smallest absolute Gasteiger partial charge is 0.306 e. The molecular weight excluding hydrogens is 697 g/mol. The minimum atomic E-state index is -0.758. The van der Waals surface area contributed by atoms with Crippen LogP contribution < -0.4 is 0 Å². The maximum absolute atomic E-state index is 12.8. The number of esters is 3. The highest BCUT2D eigenvalue weighted by Gasteiger charge is 2.19. The second-order valence-electron chi connectivity index (χ2n) is 17.1. The predicted molar refractivity (Wildman–Crippen MR) is 238 cm³/mol. The van der Waals surface area contributed by atoms with Crippen LogP contribution in [0.3, 0.4) is 0 Å². The van der Waals surface area contributed by atoms with E-state index in [4.69, 9.17) is 14.2 Å². The van der Waals surface area contributed by atoms with Crippen LogP contribution >= 0.6 is 0 Å². The number of unbranched alkanes of at least 4 members (excludes halogenated alkanes) is 35. The maximum Gasteiger partial charge on any atom is 0.306 e. The van der Waals surface area contributed by atoms with Crippen molar-refractivity contribution < 1.29 is 28.6 Å². The first-order chi connectivity index (χ1) is 27.5. The van der Waals surface area contributed by atoms with Crippen molar-refractivity contribution in [2.24, 2.45) is 0 Å². The van der Waals surface area contributed by atoms with E-state index in [-0.39, 0.29) is 31.1 Å². The summed E-state index contributed by atoms with van der Waals surface area (Å²) in [5, 5.41) is 0. The van der Waals surface area contributed by atoms with Gasteiger partial charge in [0.25, 0.3) is 0 Å². The summed E-state index contributed by atoms with van der Waals surface area (Å²) < 4.78 is 16.8. The van der Waals surface area contributed by atoms with Crippen LogP contribution in [0.2, 0.25) is 0 Å². The molecule has 0 aromatic heterocycles. The van der Waals surface area contributed by atoms with Crippen LogP contribution in [-0.2, 0) is 28.6 Å². The molecule has 0 amide bonds. The van der Waals surface area contributed by atoms with Crippen molar-refractivity contribution >= 4 is 17.9 Å². The van der Waals surface area contributed by atoms with Crippen LogP contribution in [0.4, 0.5) is 0 Å². The van der Waals surface area contributed by atoms with Crippen molar-refractivity contribution in [2.45, 2.75) is 290 Å². The third-order valence-corrected chi connectivity index (χ3v) is 11.4. The fourth-order valence-electron chi connectivity index (χ4n) is 7.56. The van der Waals surface area contributed by atoms with Crippen molar-refractivity contribution in [3.05, 3.63) is 0 Å². The van der Waals surface area contributed by atoms with Crippen molar-refractivity contribution in [2.75, 3.05) is 13.2 Å². The van der Waals surface area contributed by atoms with Crippen LogP contribution in [0.5, 0.6) is 0 Å². The molecule has 0 fully saturated rings. The molecule has 0 aromatic carbocycles. The molecule has 6 heteroatoms. The molecule has 0 radical (unpaired) electrons. The minimum Gasteiger partial charge on any atom is -0.462 e. The molecule has 0 rings (SSSR count). The topological polar surface area (TPSA) is 78.9 Å². The van der Waals surface area contributed by atoms with Gasteiger partial charge in [0.05, 0.1) is 0 Å². The van der Waals surface area contributed by atoms with Crippen LogP contribution in [0, 0.1) is 0 Å². The maximum atomic E-state index is 12.8. The van der Waals surface area contributed by atoms with Gasteiger partial charge in [-0.15, -0.1) is 0 Å². The molecule has 0 aliphatic rings. The van der Waals surface area contributed by atoms with Gasteiger partial charge in [0, 0.05) is 19.3 Å². The summed E-state index contributed by atoms with van der Waals surface area (Å²) in [6.45, 7) is 6.66. The van der Waals surface area contributed by atoms with E-state index >= 15 is 0 Å². The summed E-state index contributed by atoms with van der Waals surface area (Å²) in [6, 6.07) is 0. The molecule has 0 aromatic rings. The number of carbonyl (C=O) groups is 3. The third-order valence-electron chi connectivity index (χ3n) is 11.4. The summed E-state index contributed by atoms with van der Waals surface area (Å²) in [5.41, 5.74) is 0. The van der Waals surface area contributed by atoms with Gasteiger partial charge in [0.2, 0.25) is 0 Å². The Morgan fingerprint density at radius 1 is 0.286 bits per heavy atom. The van der Waals surface area contributed by atoms with E-state index in [1.165, 1.54) is 186 Å². The normalized spacial score (nSPS) is 11.8. The standard InChI is InChI=1S/C50H96O6/c1-4-7-10-13-16-19-22-24-25-26-27-29-32-35-38-41-44-50(53)56-47(45-54-48(51)42-39-36-33-30-21-18-15-12-9-6-3)46-55-49(52)43-40-37-34-31-28-23-20-17-14-11-8-5-2/h47H,4-46H2,1-3H3/t47-/m0/s1. The quantitative estimate of drug-likeness (QED) is 0.0347. The van der Waals surface area contributed by atoms with Gasteiger partial charge in [-0.05, 0) is 19.3 Å². The first-order valence-corrected chi connectivity index (χ1v) is 25.0. The number of hydrogen-bond acceptors (Lipinski definition) is 6. The number of rotatable bonds is 46. The highest BCUT2D eigenvalue weighted by molar-refractivity contribution is 5.71. The van der Waals surface area contributed by atoms with Crippen molar-refractivity contribution in [3.63, 3.8) is 0 Å². The Bertz CT molecular complexity index is 828. The molecule has 0 aliphatic heterocycles. The number of ether oxygens (including phenoxy) is 3. The Morgan fingerprint density at radius 3 is 0.714 bits per heavy atom. The summed E-state index contributed by atoms with van der Waals surface area (Å²) in [5.74, 6) is -0.845. The van der Waals surface area contributed by atoms with Gasteiger partial charge in [0.1, 0.15) is 13.2 Å². The van der Waals surface area contributed by atoms with E-state index in [1.54, 1.807) is 0 Å². The molecule has 0 bridgehead atoms. The van der Waals surface area contributed by atoms with Crippen molar-refractivity contribution in [3.8, 4) is 0 Å². The van der Waals surface area contributed by atoms with Gasteiger partial charge in [0.15, 0.2) is 6.10 Å². The van der Waals surface area contributed by atoms with Gasteiger partial charge in [-0.25, -0.2) is 0 Å².